The molecule has 1 aliphatic heterocycles. The van der Waals surface area contributed by atoms with Crippen molar-refractivity contribution in [3.8, 4) is 11.4 Å². The van der Waals surface area contributed by atoms with E-state index in [0.29, 0.717) is 29.4 Å². The van der Waals surface area contributed by atoms with E-state index in [2.05, 4.69) is 15.5 Å². The summed E-state index contributed by atoms with van der Waals surface area (Å²) in [5.41, 5.74) is 2.17. The summed E-state index contributed by atoms with van der Waals surface area (Å²) in [5.74, 6) is 0.349. The number of carbonyl (C=O) groups is 2. The van der Waals surface area contributed by atoms with Crippen LogP contribution in [0.1, 0.15) is 30.1 Å². The Hall–Kier alpha value is -3.19. The Kier molecular flexibility index (Phi) is 6.32. The maximum Gasteiger partial charge on any atom is 0.253 e. The minimum Gasteiger partial charge on any atom is -0.338 e. The van der Waals surface area contributed by atoms with Crippen LogP contribution in [-0.2, 0) is 11.3 Å². The molecule has 0 saturated carbocycles. The highest BCUT2D eigenvalue weighted by Crippen LogP contribution is 2.24. The number of rotatable bonds is 5. The molecule has 4 rings (SSSR count). The van der Waals surface area contributed by atoms with Gasteiger partial charge in [0.1, 0.15) is 6.33 Å². The molecule has 1 fully saturated rings. The van der Waals surface area contributed by atoms with Crippen molar-refractivity contribution in [1.82, 2.24) is 19.7 Å². The average molecular weight is 438 g/mol. The molecule has 1 unspecified atom stereocenters. The Morgan fingerprint density at radius 1 is 1.19 bits per heavy atom. The SMILES string of the molecule is CCn1cnnc1-c1cccc(NC(=O)C2CCCN(C(=O)c3ccc(Cl)cc3)C2)c1. The zero-order valence-electron chi connectivity index (χ0n) is 17.3. The molecule has 0 aliphatic carbocycles. The molecule has 2 amide bonds. The molecule has 0 bridgehead atoms. The summed E-state index contributed by atoms with van der Waals surface area (Å²) in [6, 6.07) is 14.4. The molecular formula is C23H24ClN5O2. The minimum absolute atomic E-state index is 0.0740. The summed E-state index contributed by atoms with van der Waals surface area (Å²) in [6.07, 6.45) is 3.23. The molecule has 2 aromatic carbocycles. The van der Waals surface area contributed by atoms with Crippen molar-refractivity contribution in [2.75, 3.05) is 18.4 Å². The first-order valence-corrected chi connectivity index (χ1v) is 10.8. The van der Waals surface area contributed by atoms with Crippen molar-refractivity contribution >= 4 is 29.1 Å². The van der Waals surface area contributed by atoms with Crippen molar-refractivity contribution in [2.24, 2.45) is 5.92 Å². The summed E-state index contributed by atoms with van der Waals surface area (Å²) in [5, 5.41) is 11.7. The van der Waals surface area contributed by atoms with Crippen LogP contribution in [0.25, 0.3) is 11.4 Å². The van der Waals surface area contributed by atoms with E-state index >= 15 is 0 Å². The highest BCUT2D eigenvalue weighted by molar-refractivity contribution is 6.30. The smallest absolute Gasteiger partial charge is 0.253 e. The average Bonchev–Trinajstić information content (AvgIpc) is 3.28. The molecule has 1 atom stereocenters. The fourth-order valence-corrected chi connectivity index (χ4v) is 3.97. The lowest BCUT2D eigenvalue weighted by Crippen LogP contribution is -2.43. The van der Waals surface area contributed by atoms with Gasteiger partial charge in [0, 0.05) is 41.5 Å². The van der Waals surface area contributed by atoms with E-state index in [1.54, 1.807) is 35.5 Å². The number of piperidine rings is 1. The van der Waals surface area contributed by atoms with Crippen LogP contribution in [0.4, 0.5) is 5.69 Å². The number of carbonyl (C=O) groups excluding carboxylic acids is 2. The molecule has 1 saturated heterocycles. The molecule has 0 spiro atoms. The predicted molar refractivity (Wildman–Crippen MR) is 120 cm³/mol. The van der Waals surface area contributed by atoms with E-state index in [4.69, 9.17) is 11.6 Å². The number of nitrogens with one attached hydrogen (secondary N) is 1. The van der Waals surface area contributed by atoms with Crippen LogP contribution < -0.4 is 5.32 Å². The number of benzene rings is 2. The van der Waals surface area contributed by atoms with E-state index in [1.165, 1.54) is 0 Å². The maximum atomic E-state index is 12.9. The van der Waals surface area contributed by atoms with Gasteiger partial charge >= 0.3 is 0 Å². The Bertz CT molecular complexity index is 1080. The molecule has 1 aliphatic rings. The zero-order chi connectivity index (χ0) is 21.8. The molecule has 1 aromatic heterocycles. The van der Waals surface area contributed by atoms with E-state index < -0.39 is 0 Å². The summed E-state index contributed by atoms with van der Waals surface area (Å²) >= 11 is 5.92. The van der Waals surface area contributed by atoms with Crippen LogP contribution in [-0.4, -0.2) is 44.6 Å². The first-order chi connectivity index (χ1) is 15.0. The van der Waals surface area contributed by atoms with Gasteiger partial charge in [-0.3, -0.25) is 9.59 Å². The third kappa shape index (κ3) is 4.77. The number of hydrogen-bond acceptors (Lipinski definition) is 4. The molecule has 7 nitrogen and oxygen atoms in total. The number of halogens is 1. The largest absolute Gasteiger partial charge is 0.338 e. The molecular weight excluding hydrogens is 414 g/mol. The first-order valence-electron chi connectivity index (χ1n) is 10.4. The number of nitrogens with zero attached hydrogens (tertiary/aromatic N) is 4. The maximum absolute atomic E-state index is 12.9. The van der Waals surface area contributed by atoms with Crippen LogP contribution in [0.15, 0.2) is 54.9 Å². The highest BCUT2D eigenvalue weighted by atomic mass is 35.5. The fraction of sp³-hybridized carbons (Fsp3) is 0.304. The fourth-order valence-electron chi connectivity index (χ4n) is 3.84. The van der Waals surface area contributed by atoms with Gasteiger partial charge in [-0.1, -0.05) is 23.7 Å². The Balaban J connectivity index is 1.43. The molecule has 0 radical (unpaired) electrons. The molecule has 31 heavy (non-hydrogen) atoms. The minimum atomic E-state index is -0.257. The second kappa shape index (κ2) is 9.31. The summed E-state index contributed by atoms with van der Waals surface area (Å²) < 4.78 is 1.95. The number of aryl methyl sites for hydroxylation is 1. The third-order valence-electron chi connectivity index (χ3n) is 5.52. The summed E-state index contributed by atoms with van der Waals surface area (Å²) in [6.45, 7) is 3.83. The normalized spacial score (nSPS) is 16.2. The van der Waals surface area contributed by atoms with Crippen molar-refractivity contribution in [2.45, 2.75) is 26.3 Å². The number of aromatic nitrogens is 3. The topological polar surface area (TPSA) is 80.1 Å². The first kappa shape index (κ1) is 21.1. The lowest BCUT2D eigenvalue weighted by molar-refractivity contribution is -0.121. The van der Waals surface area contributed by atoms with Gasteiger partial charge in [-0.25, -0.2) is 0 Å². The molecule has 8 heteroatoms. The van der Waals surface area contributed by atoms with Crippen LogP contribution in [0.5, 0.6) is 0 Å². The van der Waals surface area contributed by atoms with Crippen LogP contribution in [0, 0.1) is 5.92 Å². The third-order valence-corrected chi connectivity index (χ3v) is 5.77. The van der Waals surface area contributed by atoms with Gasteiger partial charge < -0.3 is 14.8 Å². The van der Waals surface area contributed by atoms with Crippen LogP contribution >= 0.6 is 11.6 Å². The number of hydrogen-bond donors (Lipinski definition) is 1. The summed E-state index contributed by atoms with van der Waals surface area (Å²) in [4.78, 5) is 27.5. The second-order valence-corrected chi connectivity index (χ2v) is 8.04. The number of anilines is 1. The van der Waals surface area contributed by atoms with Gasteiger partial charge in [0.05, 0.1) is 5.92 Å². The van der Waals surface area contributed by atoms with E-state index in [0.717, 1.165) is 30.8 Å². The van der Waals surface area contributed by atoms with Gasteiger partial charge in [-0.15, -0.1) is 10.2 Å². The Morgan fingerprint density at radius 2 is 2.00 bits per heavy atom. The van der Waals surface area contributed by atoms with Crippen LogP contribution in [0.3, 0.4) is 0 Å². The second-order valence-electron chi connectivity index (χ2n) is 7.61. The zero-order valence-corrected chi connectivity index (χ0v) is 18.0. The monoisotopic (exact) mass is 437 g/mol. The molecule has 1 N–H and O–H groups in total. The Morgan fingerprint density at radius 3 is 2.77 bits per heavy atom. The van der Waals surface area contributed by atoms with E-state index in [-0.39, 0.29) is 17.7 Å². The van der Waals surface area contributed by atoms with Gasteiger partial charge in [0.2, 0.25) is 5.91 Å². The van der Waals surface area contributed by atoms with Crippen molar-refractivity contribution in [3.05, 3.63) is 65.4 Å². The molecule has 160 valence electrons. The highest BCUT2D eigenvalue weighted by Gasteiger charge is 2.29. The van der Waals surface area contributed by atoms with Crippen molar-refractivity contribution in [1.29, 1.82) is 0 Å². The van der Waals surface area contributed by atoms with Crippen LogP contribution in [0.2, 0.25) is 5.02 Å². The van der Waals surface area contributed by atoms with E-state index in [1.807, 2.05) is 35.8 Å². The number of amides is 2. The number of likely N-dealkylation sites (tertiary alicyclic amines) is 1. The lowest BCUT2D eigenvalue weighted by Gasteiger charge is -2.32. The molecule has 2 heterocycles. The van der Waals surface area contributed by atoms with Gasteiger partial charge in [-0.2, -0.15) is 0 Å². The van der Waals surface area contributed by atoms with E-state index in [9.17, 15) is 9.59 Å². The lowest BCUT2D eigenvalue weighted by atomic mass is 9.96. The Labute approximate surface area is 186 Å². The van der Waals surface area contributed by atoms with Gasteiger partial charge in [0.15, 0.2) is 5.82 Å². The quantitative estimate of drug-likeness (QED) is 0.651. The predicted octanol–water partition coefficient (Wildman–Crippen LogP) is 4.11. The van der Waals surface area contributed by atoms with Crippen molar-refractivity contribution in [3.63, 3.8) is 0 Å². The summed E-state index contributed by atoms with van der Waals surface area (Å²) in [7, 11) is 0. The van der Waals surface area contributed by atoms with Crippen molar-refractivity contribution < 1.29 is 9.59 Å². The van der Waals surface area contributed by atoms with Gasteiger partial charge in [0.25, 0.3) is 5.91 Å². The molecule has 3 aromatic rings. The standard InChI is InChI=1S/C23H24ClN5O2/c1-2-28-15-25-27-21(28)17-5-3-7-20(13-17)26-22(30)18-6-4-12-29(14-18)23(31)16-8-10-19(24)11-9-16/h3,5,7-11,13,15,18H,2,4,6,12,14H2,1H3,(H,26,30). The van der Waals surface area contributed by atoms with Gasteiger partial charge in [-0.05, 0) is 56.2 Å².